The van der Waals surface area contributed by atoms with Crippen LogP contribution in [0.1, 0.15) is 18.9 Å². The van der Waals surface area contributed by atoms with Gasteiger partial charge in [-0.05, 0) is 50.1 Å². The number of guanidine groups is 1. The number of piperazine rings is 1. The first kappa shape index (κ1) is 23.3. The molecular formula is C21H33IN6O. The van der Waals surface area contributed by atoms with E-state index in [1.165, 1.54) is 11.3 Å². The number of nitrogens with zero attached hydrogens (tertiary/aromatic N) is 5. The van der Waals surface area contributed by atoms with Crippen molar-refractivity contribution < 1.29 is 4.74 Å². The molecule has 160 valence electrons. The number of benzene rings is 1. The molecule has 0 aliphatic carbocycles. The smallest absolute Gasteiger partial charge is 0.194 e. The number of aryl methyl sites for hydroxylation is 2. The van der Waals surface area contributed by atoms with Crippen molar-refractivity contribution in [1.29, 1.82) is 0 Å². The predicted octanol–water partition coefficient (Wildman–Crippen LogP) is 3.00. The Kier molecular flexibility index (Phi) is 9.56. The van der Waals surface area contributed by atoms with Gasteiger partial charge in [0.25, 0.3) is 0 Å². The lowest BCUT2D eigenvalue weighted by Gasteiger charge is -2.37. The van der Waals surface area contributed by atoms with Crippen LogP contribution in [0.5, 0.6) is 5.75 Å². The topological polar surface area (TPSA) is 57.9 Å². The number of anilines is 1. The van der Waals surface area contributed by atoms with Crippen molar-refractivity contribution in [2.75, 3.05) is 51.3 Å². The molecule has 1 aliphatic heterocycles. The Morgan fingerprint density at radius 1 is 1.17 bits per heavy atom. The second kappa shape index (κ2) is 11.9. The Morgan fingerprint density at radius 2 is 1.90 bits per heavy atom. The van der Waals surface area contributed by atoms with E-state index < -0.39 is 0 Å². The standard InChI is InChI=1S/C21H32N6O.HI/c1-4-22-21(23-10-5-11-27-17-18(2)16-24-27)26-14-12-25(13-15-26)19-6-8-20(28-3)9-7-19;/h6-9,16-17H,4-5,10-15H2,1-3H3,(H,22,23);1H. The summed E-state index contributed by atoms with van der Waals surface area (Å²) in [5.74, 6) is 1.92. The van der Waals surface area contributed by atoms with E-state index in [9.17, 15) is 0 Å². The number of aromatic nitrogens is 2. The third kappa shape index (κ3) is 6.80. The van der Waals surface area contributed by atoms with E-state index >= 15 is 0 Å². The van der Waals surface area contributed by atoms with Crippen LogP contribution in [-0.4, -0.2) is 67.0 Å². The van der Waals surface area contributed by atoms with Gasteiger partial charge in [-0.15, -0.1) is 24.0 Å². The molecule has 1 fully saturated rings. The van der Waals surface area contributed by atoms with Crippen LogP contribution in [0.3, 0.4) is 0 Å². The summed E-state index contributed by atoms with van der Waals surface area (Å²) in [6, 6.07) is 8.30. The summed E-state index contributed by atoms with van der Waals surface area (Å²) in [5, 5.41) is 7.78. The van der Waals surface area contributed by atoms with Crippen LogP contribution in [0, 0.1) is 6.92 Å². The van der Waals surface area contributed by atoms with Gasteiger partial charge in [0.1, 0.15) is 5.75 Å². The molecule has 2 heterocycles. The van der Waals surface area contributed by atoms with Gasteiger partial charge >= 0.3 is 0 Å². The molecular weight excluding hydrogens is 479 g/mol. The van der Waals surface area contributed by atoms with Gasteiger partial charge in [0.2, 0.25) is 0 Å². The molecule has 1 aromatic carbocycles. The maximum Gasteiger partial charge on any atom is 0.194 e. The zero-order valence-electron chi connectivity index (χ0n) is 17.7. The molecule has 7 nitrogen and oxygen atoms in total. The number of methoxy groups -OCH3 is 1. The summed E-state index contributed by atoms with van der Waals surface area (Å²) in [4.78, 5) is 9.61. The summed E-state index contributed by atoms with van der Waals surface area (Å²) >= 11 is 0. The van der Waals surface area contributed by atoms with E-state index in [1.54, 1.807) is 7.11 Å². The summed E-state index contributed by atoms with van der Waals surface area (Å²) in [7, 11) is 1.70. The number of rotatable bonds is 7. The molecule has 8 heteroatoms. The molecule has 3 rings (SSSR count). The summed E-state index contributed by atoms with van der Waals surface area (Å²) in [5.41, 5.74) is 2.45. The van der Waals surface area contributed by atoms with Gasteiger partial charge in [0.15, 0.2) is 5.96 Å². The molecule has 0 amide bonds. The van der Waals surface area contributed by atoms with Crippen molar-refractivity contribution in [1.82, 2.24) is 20.0 Å². The number of nitrogens with one attached hydrogen (secondary N) is 1. The Balaban J connectivity index is 0.00000300. The molecule has 1 saturated heterocycles. The van der Waals surface area contributed by atoms with Gasteiger partial charge in [0, 0.05) is 57.7 Å². The van der Waals surface area contributed by atoms with Gasteiger partial charge in [-0.2, -0.15) is 5.10 Å². The second-order valence-electron chi connectivity index (χ2n) is 7.04. The van der Waals surface area contributed by atoms with Crippen molar-refractivity contribution in [3.8, 4) is 5.75 Å². The van der Waals surface area contributed by atoms with Crippen LogP contribution >= 0.6 is 24.0 Å². The summed E-state index contributed by atoms with van der Waals surface area (Å²) in [6.07, 6.45) is 4.96. The fraction of sp³-hybridized carbons (Fsp3) is 0.524. The Labute approximate surface area is 191 Å². The van der Waals surface area contributed by atoms with Crippen LogP contribution in [0.25, 0.3) is 0 Å². The summed E-state index contributed by atoms with van der Waals surface area (Å²) in [6.45, 7) is 10.7. The number of hydrogen-bond donors (Lipinski definition) is 1. The minimum Gasteiger partial charge on any atom is -0.497 e. The highest BCUT2D eigenvalue weighted by Crippen LogP contribution is 2.20. The second-order valence-corrected chi connectivity index (χ2v) is 7.04. The Bertz CT molecular complexity index is 753. The molecule has 2 aromatic rings. The maximum atomic E-state index is 5.25. The zero-order valence-corrected chi connectivity index (χ0v) is 20.0. The van der Waals surface area contributed by atoms with E-state index in [2.05, 4.69) is 52.4 Å². The first-order valence-electron chi connectivity index (χ1n) is 10.1. The predicted molar refractivity (Wildman–Crippen MR) is 130 cm³/mol. The van der Waals surface area contributed by atoms with Crippen molar-refractivity contribution in [3.63, 3.8) is 0 Å². The molecule has 0 bridgehead atoms. The fourth-order valence-electron chi connectivity index (χ4n) is 3.40. The van der Waals surface area contributed by atoms with Crippen LogP contribution in [-0.2, 0) is 6.54 Å². The van der Waals surface area contributed by atoms with Gasteiger partial charge in [-0.25, -0.2) is 0 Å². The summed E-state index contributed by atoms with van der Waals surface area (Å²) < 4.78 is 7.24. The number of ether oxygens (including phenoxy) is 1. The highest BCUT2D eigenvalue weighted by Gasteiger charge is 2.19. The molecule has 0 atom stereocenters. The SMILES string of the molecule is CCNC(=NCCCn1cc(C)cn1)N1CCN(c2ccc(OC)cc2)CC1.I. The van der Waals surface area contributed by atoms with Crippen molar-refractivity contribution in [3.05, 3.63) is 42.2 Å². The van der Waals surface area contributed by atoms with Gasteiger partial charge in [0.05, 0.1) is 13.3 Å². The van der Waals surface area contributed by atoms with E-state index in [0.717, 1.165) is 63.9 Å². The van der Waals surface area contributed by atoms with Crippen molar-refractivity contribution in [2.45, 2.75) is 26.8 Å². The lowest BCUT2D eigenvalue weighted by Crippen LogP contribution is -2.52. The zero-order chi connectivity index (χ0) is 19.8. The first-order valence-corrected chi connectivity index (χ1v) is 10.1. The van der Waals surface area contributed by atoms with Crippen LogP contribution in [0.4, 0.5) is 5.69 Å². The lowest BCUT2D eigenvalue weighted by atomic mass is 10.2. The molecule has 0 saturated carbocycles. The third-order valence-corrected chi connectivity index (χ3v) is 4.92. The molecule has 0 unspecified atom stereocenters. The van der Waals surface area contributed by atoms with Gasteiger partial charge in [-0.3, -0.25) is 9.67 Å². The number of hydrogen-bond acceptors (Lipinski definition) is 4. The highest BCUT2D eigenvalue weighted by molar-refractivity contribution is 14.0. The molecule has 0 radical (unpaired) electrons. The average molecular weight is 512 g/mol. The van der Waals surface area contributed by atoms with Crippen LogP contribution in [0.15, 0.2) is 41.7 Å². The monoisotopic (exact) mass is 512 g/mol. The minimum absolute atomic E-state index is 0. The maximum absolute atomic E-state index is 5.25. The van der Waals surface area contributed by atoms with Gasteiger partial charge < -0.3 is 19.9 Å². The molecule has 1 aromatic heterocycles. The van der Waals surface area contributed by atoms with E-state index in [4.69, 9.17) is 9.73 Å². The van der Waals surface area contributed by atoms with Crippen LogP contribution < -0.4 is 15.0 Å². The normalized spacial score (nSPS) is 14.5. The molecule has 1 aliphatic rings. The molecule has 29 heavy (non-hydrogen) atoms. The number of halogens is 1. The molecule has 1 N–H and O–H groups in total. The Morgan fingerprint density at radius 3 is 2.48 bits per heavy atom. The van der Waals surface area contributed by atoms with E-state index in [0.29, 0.717) is 0 Å². The molecule has 0 spiro atoms. The average Bonchev–Trinajstić information content (AvgIpc) is 3.15. The quantitative estimate of drug-likeness (QED) is 0.268. The van der Waals surface area contributed by atoms with Crippen LogP contribution in [0.2, 0.25) is 0 Å². The lowest BCUT2D eigenvalue weighted by molar-refractivity contribution is 0.372. The van der Waals surface area contributed by atoms with Crippen molar-refractivity contribution >= 4 is 35.6 Å². The minimum atomic E-state index is 0. The van der Waals surface area contributed by atoms with E-state index in [1.807, 2.05) is 23.0 Å². The third-order valence-electron chi connectivity index (χ3n) is 4.92. The van der Waals surface area contributed by atoms with E-state index in [-0.39, 0.29) is 24.0 Å². The highest BCUT2D eigenvalue weighted by atomic mass is 127. The van der Waals surface area contributed by atoms with Crippen molar-refractivity contribution in [2.24, 2.45) is 4.99 Å². The largest absolute Gasteiger partial charge is 0.497 e. The fourth-order valence-corrected chi connectivity index (χ4v) is 3.40. The Hall–Kier alpha value is -1.97. The first-order chi connectivity index (χ1) is 13.7. The number of aliphatic imine (C=N–C) groups is 1. The van der Waals surface area contributed by atoms with Gasteiger partial charge in [-0.1, -0.05) is 0 Å².